The van der Waals surface area contributed by atoms with Crippen molar-refractivity contribution >= 4 is 11.6 Å². The van der Waals surface area contributed by atoms with E-state index < -0.39 is 0 Å². The molecule has 0 unspecified atom stereocenters. The van der Waals surface area contributed by atoms with Gasteiger partial charge in [-0.1, -0.05) is 30.3 Å². The Kier molecular flexibility index (Phi) is 6.16. The summed E-state index contributed by atoms with van der Waals surface area (Å²) in [5.74, 6) is 1.16. The average molecular weight is 352 g/mol. The third-order valence-corrected chi connectivity index (χ3v) is 4.68. The van der Waals surface area contributed by atoms with Crippen molar-refractivity contribution in [2.75, 3.05) is 31.1 Å². The zero-order valence-electron chi connectivity index (χ0n) is 15.7. The van der Waals surface area contributed by atoms with Crippen LogP contribution in [0.3, 0.4) is 0 Å². The lowest BCUT2D eigenvalue weighted by atomic mass is 10.1. The number of ether oxygens (including phenoxy) is 1. The predicted octanol–water partition coefficient (Wildman–Crippen LogP) is 3.76. The van der Waals surface area contributed by atoms with Gasteiger partial charge in [0.25, 0.3) is 0 Å². The highest BCUT2D eigenvalue weighted by atomic mass is 16.5. The Balaban J connectivity index is 1.47. The van der Waals surface area contributed by atoms with E-state index in [1.54, 1.807) is 0 Å². The molecule has 3 rings (SSSR count). The van der Waals surface area contributed by atoms with Crippen LogP contribution in [0.1, 0.15) is 25.8 Å². The molecular formula is C22H28N2O2. The van der Waals surface area contributed by atoms with Crippen LogP contribution < -0.4 is 9.64 Å². The summed E-state index contributed by atoms with van der Waals surface area (Å²) in [7, 11) is 0. The van der Waals surface area contributed by atoms with E-state index >= 15 is 0 Å². The quantitative estimate of drug-likeness (QED) is 0.794. The number of nitrogens with zero attached hydrogens (tertiary/aromatic N) is 2. The molecule has 2 aromatic carbocycles. The van der Waals surface area contributed by atoms with Gasteiger partial charge >= 0.3 is 0 Å². The maximum Gasteiger partial charge on any atom is 0.223 e. The Morgan fingerprint density at radius 1 is 0.962 bits per heavy atom. The maximum absolute atomic E-state index is 12.5. The SMILES string of the molecule is CC(C)Oc1ccc(N2CCN(C(=O)CCc3ccccc3)CC2)cc1. The fourth-order valence-electron chi connectivity index (χ4n) is 3.28. The first-order valence-electron chi connectivity index (χ1n) is 9.45. The summed E-state index contributed by atoms with van der Waals surface area (Å²) in [5.41, 5.74) is 2.42. The Morgan fingerprint density at radius 3 is 2.23 bits per heavy atom. The minimum atomic E-state index is 0.186. The van der Waals surface area contributed by atoms with Gasteiger partial charge in [-0.05, 0) is 50.1 Å². The molecule has 0 aromatic heterocycles. The largest absolute Gasteiger partial charge is 0.491 e. The van der Waals surface area contributed by atoms with E-state index in [-0.39, 0.29) is 12.0 Å². The summed E-state index contributed by atoms with van der Waals surface area (Å²) in [5, 5.41) is 0. The molecule has 1 heterocycles. The molecule has 0 atom stereocenters. The second kappa shape index (κ2) is 8.75. The molecular weight excluding hydrogens is 324 g/mol. The van der Waals surface area contributed by atoms with Crippen molar-refractivity contribution in [3.05, 3.63) is 60.2 Å². The van der Waals surface area contributed by atoms with Crippen LogP contribution in [0.25, 0.3) is 0 Å². The standard InChI is InChI=1S/C22H28N2O2/c1-18(2)26-21-11-9-20(10-12-21)23-14-16-24(17-15-23)22(25)13-8-19-6-4-3-5-7-19/h3-7,9-12,18H,8,13-17H2,1-2H3. The number of piperazine rings is 1. The number of benzene rings is 2. The second-order valence-corrected chi connectivity index (χ2v) is 7.01. The lowest BCUT2D eigenvalue weighted by molar-refractivity contribution is -0.131. The smallest absolute Gasteiger partial charge is 0.223 e. The molecule has 26 heavy (non-hydrogen) atoms. The van der Waals surface area contributed by atoms with Crippen LogP contribution in [0, 0.1) is 0 Å². The number of hydrogen-bond acceptors (Lipinski definition) is 3. The number of carbonyl (C=O) groups is 1. The van der Waals surface area contributed by atoms with E-state index in [0.29, 0.717) is 6.42 Å². The highest BCUT2D eigenvalue weighted by Gasteiger charge is 2.21. The molecule has 1 fully saturated rings. The molecule has 0 N–H and O–H groups in total. The number of carbonyl (C=O) groups excluding carboxylic acids is 1. The van der Waals surface area contributed by atoms with E-state index in [1.165, 1.54) is 11.3 Å². The van der Waals surface area contributed by atoms with Gasteiger partial charge in [0.1, 0.15) is 5.75 Å². The average Bonchev–Trinajstić information content (AvgIpc) is 2.67. The van der Waals surface area contributed by atoms with E-state index in [0.717, 1.165) is 38.3 Å². The van der Waals surface area contributed by atoms with Gasteiger partial charge in [-0.25, -0.2) is 0 Å². The lowest BCUT2D eigenvalue weighted by Crippen LogP contribution is -2.48. The Hall–Kier alpha value is -2.49. The van der Waals surface area contributed by atoms with Gasteiger partial charge in [-0.3, -0.25) is 4.79 Å². The lowest BCUT2D eigenvalue weighted by Gasteiger charge is -2.36. The monoisotopic (exact) mass is 352 g/mol. The molecule has 1 aliphatic heterocycles. The number of rotatable bonds is 6. The normalized spacial score (nSPS) is 14.6. The molecule has 138 valence electrons. The van der Waals surface area contributed by atoms with E-state index in [4.69, 9.17) is 4.74 Å². The molecule has 0 radical (unpaired) electrons. The first kappa shape index (κ1) is 18.3. The molecule has 1 amide bonds. The minimum Gasteiger partial charge on any atom is -0.491 e. The van der Waals surface area contributed by atoms with Crippen molar-refractivity contribution in [3.8, 4) is 5.75 Å². The van der Waals surface area contributed by atoms with Crippen molar-refractivity contribution in [3.63, 3.8) is 0 Å². The zero-order valence-corrected chi connectivity index (χ0v) is 15.7. The first-order chi connectivity index (χ1) is 12.6. The predicted molar refractivity (Wildman–Crippen MR) is 106 cm³/mol. The molecule has 4 nitrogen and oxygen atoms in total. The van der Waals surface area contributed by atoms with Gasteiger partial charge in [0.15, 0.2) is 0 Å². The third-order valence-electron chi connectivity index (χ3n) is 4.68. The van der Waals surface area contributed by atoms with E-state index in [9.17, 15) is 4.79 Å². The van der Waals surface area contributed by atoms with Crippen LogP contribution in [-0.2, 0) is 11.2 Å². The summed E-state index contributed by atoms with van der Waals surface area (Å²) in [6.45, 7) is 7.39. The first-order valence-corrected chi connectivity index (χ1v) is 9.45. The Morgan fingerprint density at radius 2 is 1.62 bits per heavy atom. The Bertz CT molecular complexity index is 690. The van der Waals surface area contributed by atoms with Crippen LogP contribution in [0.5, 0.6) is 5.75 Å². The topological polar surface area (TPSA) is 32.8 Å². The van der Waals surface area contributed by atoms with E-state index in [2.05, 4.69) is 29.2 Å². The van der Waals surface area contributed by atoms with Gasteiger partial charge in [-0.2, -0.15) is 0 Å². The summed E-state index contributed by atoms with van der Waals surface area (Å²) in [4.78, 5) is 16.8. The molecule has 0 saturated carbocycles. The van der Waals surface area contributed by atoms with Gasteiger partial charge < -0.3 is 14.5 Å². The van der Waals surface area contributed by atoms with Crippen LogP contribution in [0.15, 0.2) is 54.6 Å². The fraction of sp³-hybridized carbons (Fsp3) is 0.409. The third kappa shape index (κ3) is 5.01. The van der Waals surface area contributed by atoms with Crippen molar-refractivity contribution in [1.29, 1.82) is 0 Å². The highest BCUT2D eigenvalue weighted by Crippen LogP contribution is 2.21. The van der Waals surface area contributed by atoms with Gasteiger partial charge in [0.2, 0.25) is 5.91 Å². The van der Waals surface area contributed by atoms with Crippen molar-refractivity contribution in [1.82, 2.24) is 4.90 Å². The number of aryl methyl sites for hydroxylation is 1. The molecule has 0 aliphatic carbocycles. The maximum atomic E-state index is 12.5. The summed E-state index contributed by atoms with van der Waals surface area (Å²) >= 11 is 0. The van der Waals surface area contributed by atoms with E-state index in [1.807, 2.05) is 49.1 Å². The molecule has 0 spiro atoms. The van der Waals surface area contributed by atoms with Crippen LogP contribution in [0.2, 0.25) is 0 Å². The second-order valence-electron chi connectivity index (χ2n) is 7.01. The van der Waals surface area contributed by atoms with Crippen molar-refractivity contribution < 1.29 is 9.53 Å². The zero-order chi connectivity index (χ0) is 18.4. The van der Waals surface area contributed by atoms with Crippen LogP contribution in [-0.4, -0.2) is 43.1 Å². The summed E-state index contributed by atoms with van der Waals surface area (Å²) in [6.07, 6.45) is 1.59. The van der Waals surface area contributed by atoms with Crippen molar-refractivity contribution in [2.24, 2.45) is 0 Å². The molecule has 4 heteroatoms. The number of anilines is 1. The summed E-state index contributed by atoms with van der Waals surface area (Å²) in [6, 6.07) is 18.5. The number of hydrogen-bond donors (Lipinski definition) is 0. The van der Waals surface area contributed by atoms with Crippen molar-refractivity contribution in [2.45, 2.75) is 32.8 Å². The van der Waals surface area contributed by atoms with Crippen LogP contribution in [0.4, 0.5) is 5.69 Å². The Labute approximate surface area is 156 Å². The fourth-order valence-corrected chi connectivity index (χ4v) is 3.28. The van der Waals surface area contributed by atoms with Gasteiger partial charge in [0, 0.05) is 38.3 Å². The number of amides is 1. The molecule has 0 bridgehead atoms. The minimum absolute atomic E-state index is 0.186. The summed E-state index contributed by atoms with van der Waals surface area (Å²) < 4.78 is 5.70. The molecule has 2 aromatic rings. The van der Waals surface area contributed by atoms with Gasteiger partial charge in [-0.15, -0.1) is 0 Å². The molecule has 1 saturated heterocycles. The van der Waals surface area contributed by atoms with Crippen LogP contribution >= 0.6 is 0 Å². The molecule has 1 aliphatic rings. The highest BCUT2D eigenvalue weighted by molar-refractivity contribution is 5.76. The van der Waals surface area contributed by atoms with Gasteiger partial charge in [0.05, 0.1) is 6.10 Å².